The number of ether oxygens (including phenoxy) is 1. The number of alkyl halides is 1. The molecule has 0 saturated heterocycles. The molecule has 0 N–H and O–H groups in total. The number of nitrogens with zero attached hydrogens (tertiary/aromatic N) is 1. The number of carbonyl (C=O) groups is 1. The average Bonchev–Trinajstić information content (AvgIpc) is 2.94. The van der Waals surface area contributed by atoms with Crippen molar-refractivity contribution in [2.45, 2.75) is 45.9 Å². The van der Waals surface area contributed by atoms with E-state index in [4.69, 9.17) is 16.3 Å². The molecule has 1 aromatic carbocycles. The van der Waals surface area contributed by atoms with Gasteiger partial charge >= 0.3 is 0 Å². The number of carbonyl (C=O) groups excluding carboxylic acids is 1. The summed E-state index contributed by atoms with van der Waals surface area (Å²) >= 11 is 5.87. The van der Waals surface area contributed by atoms with Crippen molar-refractivity contribution in [2.24, 2.45) is 0 Å². The molecule has 1 amide bonds. The van der Waals surface area contributed by atoms with E-state index in [9.17, 15) is 4.79 Å². The number of benzene rings is 1. The van der Waals surface area contributed by atoms with Crippen LogP contribution in [0.4, 0.5) is 0 Å². The van der Waals surface area contributed by atoms with Gasteiger partial charge in [0.05, 0.1) is 13.2 Å². The van der Waals surface area contributed by atoms with Crippen LogP contribution in [0.15, 0.2) is 18.2 Å². The van der Waals surface area contributed by atoms with Crippen LogP contribution in [0, 0.1) is 0 Å². The Kier molecular flexibility index (Phi) is 5.44. The molecule has 110 valence electrons. The topological polar surface area (TPSA) is 29.5 Å². The fourth-order valence-corrected chi connectivity index (χ4v) is 2.92. The molecule has 1 aliphatic rings. The zero-order valence-electron chi connectivity index (χ0n) is 12.2. The Morgan fingerprint density at radius 3 is 2.65 bits per heavy atom. The molecule has 20 heavy (non-hydrogen) atoms. The van der Waals surface area contributed by atoms with Gasteiger partial charge in [0.15, 0.2) is 0 Å². The molecule has 0 aromatic heterocycles. The van der Waals surface area contributed by atoms with E-state index in [0.717, 1.165) is 24.0 Å². The summed E-state index contributed by atoms with van der Waals surface area (Å²) in [5.41, 5.74) is 3.06. The number of hydrogen-bond acceptors (Lipinski definition) is 2. The van der Waals surface area contributed by atoms with Crippen LogP contribution in [0.25, 0.3) is 0 Å². The standard InChI is InChI=1S/C16H22ClNO2/c1-3-15(4-2)18(8-7-17)16(19)12-5-6-13-10-20-11-14(13)9-12/h5-6,9,15H,3-4,7-8,10-11H2,1-2H3. The van der Waals surface area contributed by atoms with Crippen molar-refractivity contribution in [1.82, 2.24) is 4.90 Å². The van der Waals surface area contributed by atoms with E-state index >= 15 is 0 Å². The quantitative estimate of drug-likeness (QED) is 0.751. The molecule has 1 aromatic rings. The number of amides is 1. The van der Waals surface area contributed by atoms with Crippen LogP contribution < -0.4 is 0 Å². The van der Waals surface area contributed by atoms with Gasteiger partial charge < -0.3 is 9.64 Å². The van der Waals surface area contributed by atoms with Crippen molar-refractivity contribution >= 4 is 17.5 Å². The van der Waals surface area contributed by atoms with Crippen LogP contribution >= 0.6 is 11.6 Å². The lowest BCUT2D eigenvalue weighted by Gasteiger charge is -2.30. The van der Waals surface area contributed by atoms with Gasteiger partial charge in [-0.3, -0.25) is 4.79 Å². The summed E-state index contributed by atoms with van der Waals surface area (Å²) in [4.78, 5) is 14.6. The first kappa shape index (κ1) is 15.3. The van der Waals surface area contributed by atoms with Gasteiger partial charge in [-0.2, -0.15) is 0 Å². The van der Waals surface area contributed by atoms with Gasteiger partial charge in [0, 0.05) is 24.0 Å². The van der Waals surface area contributed by atoms with Gasteiger partial charge in [0.25, 0.3) is 5.91 Å². The Bertz CT molecular complexity index is 472. The van der Waals surface area contributed by atoms with Crippen molar-refractivity contribution in [3.05, 3.63) is 34.9 Å². The summed E-state index contributed by atoms with van der Waals surface area (Å²) in [7, 11) is 0. The minimum absolute atomic E-state index is 0.0778. The largest absolute Gasteiger partial charge is 0.372 e. The van der Waals surface area contributed by atoms with Crippen molar-refractivity contribution in [3.8, 4) is 0 Å². The maximum atomic E-state index is 12.7. The van der Waals surface area contributed by atoms with Gasteiger partial charge in [0.2, 0.25) is 0 Å². The van der Waals surface area contributed by atoms with E-state index in [1.165, 1.54) is 5.56 Å². The lowest BCUT2D eigenvalue weighted by Crippen LogP contribution is -2.41. The fourth-order valence-electron chi connectivity index (χ4n) is 2.74. The zero-order valence-corrected chi connectivity index (χ0v) is 12.9. The van der Waals surface area contributed by atoms with Crippen LogP contribution in [0.1, 0.15) is 48.2 Å². The van der Waals surface area contributed by atoms with Crippen molar-refractivity contribution in [3.63, 3.8) is 0 Å². The summed E-state index contributed by atoms with van der Waals surface area (Å²) in [5.74, 6) is 0.546. The van der Waals surface area contributed by atoms with E-state index in [2.05, 4.69) is 13.8 Å². The molecule has 4 heteroatoms. The molecule has 0 unspecified atom stereocenters. The highest BCUT2D eigenvalue weighted by molar-refractivity contribution is 6.18. The predicted octanol–water partition coefficient (Wildman–Crippen LogP) is 3.59. The summed E-state index contributed by atoms with van der Waals surface area (Å²) in [6.45, 7) is 6.08. The number of hydrogen-bond donors (Lipinski definition) is 0. The first-order valence-corrected chi connectivity index (χ1v) is 7.81. The molecule has 1 aliphatic heterocycles. The van der Waals surface area contributed by atoms with Crippen LogP contribution in [0.2, 0.25) is 0 Å². The second kappa shape index (κ2) is 7.09. The van der Waals surface area contributed by atoms with Crippen molar-refractivity contribution in [1.29, 1.82) is 0 Å². The molecule has 0 fully saturated rings. The summed E-state index contributed by atoms with van der Waals surface area (Å²) < 4.78 is 5.40. The predicted molar refractivity (Wildman–Crippen MR) is 81.1 cm³/mol. The summed E-state index contributed by atoms with van der Waals surface area (Å²) in [6, 6.07) is 6.13. The van der Waals surface area contributed by atoms with E-state index in [1.807, 2.05) is 23.1 Å². The van der Waals surface area contributed by atoms with Gasteiger partial charge in [-0.1, -0.05) is 19.9 Å². The van der Waals surface area contributed by atoms with E-state index in [0.29, 0.717) is 25.6 Å². The number of halogens is 1. The molecule has 0 aliphatic carbocycles. The smallest absolute Gasteiger partial charge is 0.254 e. The molecule has 0 radical (unpaired) electrons. The molecule has 1 heterocycles. The Morgan fingerprint density at radius 2 is 2.00 bits per heavy atom. The maximum Gasteiger partial charge on any atom is 0.254 e. The normalized spacial score (nSPS) is 13.6. The van der Waals surface area contributed by atoms with Crippen LogP contribution in [-0.2, 0) is 18.0 Å². The van der Waals surface area contributed by atoms with E-state index in [-0.39, 0.29) is 11.9 Å². The maximum absolute atomic E-state index is 12.7. The Labute approximate surface area is 125 Å². The molecule has 0 saturated carbocycles. The highest BCUT2D eigenvalue weighted by Gasteiger charge is 2.23. The minimum atomic E-state index is 0.0778. The van der Waals surface area contributed by atoms with Crippen LogP contribution in [-0.4, -0.2) is 29.3 Å². The molecule has 2 rings (SSSR count). The molecule has 0 spiro atoms. The minimum Gasteiger partial charge on any atom is -0.372 e. The fraction of sp³-hybridized carbons (Fsp3) is 0.562. The Hall–Kier alpha value is -1.06. The molecular formula is C16H22ClNO2. The third-order valence-corrected chi connectivity index (χ3v) is 4.11. The van der Waals surface area contributed by atoms with Gasteiger partial charge in [-0.15, -0.1) is 11.6 Å². The van der Waals surface area contributed by atoms with Crippen LogP contribution in [0.5, 0.6) is 0 Å². The van der Waals surface area contributed by atoms with Crippen molar-refractivity contribution < 1.29 is 9.53 Å². The second-order valence-electron chi connectivity index (χ2n) is 5.13. The number of fused-ring (bicyclic) bond motifs is 1. The molecule has 0 atom stereocenters. The summed E-state index contributed by atoms with van der Waals surface area (Å²) in [6.07, 6.45) is 1.90. The monoisotopic (exact) mass is 295 g/mol. The van der Waals surface area contributed by atoms with E-state index < -0.39 is 0 Å². The van der Waals surface area contributed by atoms with Gasteiger partial charge in [-0.25, -0.2) is 0 Å². The van der Waals surface area contributed by atoms with Crippen molar-refractivity contribution in [2.75, 3.05) is 12.4 Å². The highest BCUT2D eigenvalue weighted by atomic mass is 35.5. The summed E-state index contributed by atoms with van der Waals surface area (Å²) in [5, 5.41) is 0. The first-order valence-electron chi connectivity index (χ1n) is 7.27. The molecular weight excluding hydrogens is 274 g/mol. The SMILES string of the molecule is CCC(CC)N(CCCl)C(=O)c1ccc2c(c1)COC2. The highest BCUT2D eigenvalue weighted by Crippen LogP contribution is 2.22. The zero-order chi connectivity index (χ0) is 14.5. The van der Waals surface area contributed by atoms with Gasteiger partial charge in [-0.05, 0) is 36.1 Å². The van der Waals surface area contributed by atoms with E-state index in [1.54, 1.807) is 0 Å². The second-order valence-corrected chi connectivity index (χ2v) is 5.51. The molecule has 3 nitrogen and oxygen atoms in total. The first-order chi connectivity index (χ1) is 9.71. The molecule has 0 bridgehead atoms. The third-order valence-electron chi connectivity index (χ3n) is 3.94. The Morgan fingerprint density at radius 1 is 1.30 bits per heavy atom. The lowest BCUT2D eigenvalue weighted by atomic mass is 10.0. The third kappa shape index (κ3) is 3.15. The lowest BCUT2D eigenvalue weighted by molar-refractivity contribution is 0.0681. The number of rotatable bonds is 6. The van der Waals surface area contributed by atoms with Crippen LogP contribution in [0.3, 0.4) is 0 Å². The Balaban J connectivity index is 2.22. The van der Waals surface area contributed by atoms with Gasteiger partial charge in [0.1, 0.15) is 0 Å². The average molecular weight is 296 g/mol.